The first-order chi connectivity index (χ1) is 7.25. The lowest BCUT2D eigenvalue weighted by molar-refractivity contribution is -0.123. The molecule has 0 unspecified atom stereocenters. The molecule has 0 atom stereocenters. The largest absolute Gasteiger partial charge is 0.469 e. The SMILES string of the molecule is CC1CCC(C(=O)Cc2ccco2)CC1. The molecule has 0 bridgehead atoms. The van der Waals surface area contributed by atoms with Crippen molar-refractivity contribution >= 4 is 5.78 Å². The lowest BCUT2D eigenvalue weighted by Gasteiger charge is -2.24. The van der Waals surface area contributed by atoms with Crippen molar-refractivity contribution in [1.82, 2.24) is 0 Å². The van der Waals surface area contributed by atoms with Gasteiger partial charge in [0.1, 0.15) is 11.5 Å². The fraction of sp³-hybridized carbons (Fsp3) is 0.615. The summed E-state index contributed by atoms with van der Waals surface area (Å²) in [7, 11) is 0. The van der Waals surface area contributed by atoms with E-state index in [0.717, 1.165) is 24.5 Å². The van der Waals surface area contributed by atoms with Crippen molar-refractivity contribution in [3.05, 3.63) is 24.2 Å². The number of hydrogen-bond donors (Lipinski definition) is 0. The molecule has 1 heterocycles. The molecule has 0 radical (unpaired) electrons. The van der Waals surface area contributed by atoms with Crippen LogP contribution in [0.25, 0.3) is 0 Å². The van der Waals surface area contributed by atoms with E-state index in [1.165, 1.54) is 12.8 Å². The van der Waals surface area contributed by atoms with Gasteiger partial charge in [-0.2, -0.15) is 0 Å². The zero-order valence-electron chi connectivity index (χ0n) is 9.24. The topological polar surface area (TPSA) is 30.2 Å². The van der Waals surface area contributed by atoms with Gasteiger partial charge in [0.2, 0.25) is 0 Å². The Morgan fingerprint density at radius 2 is 2.13 bits per heavy atom. The molecular formula is C13H18O2. The first-order valence-electron chi connectivity index (χ1n) is 5.81. The van der Waals surface area contributed by atoms with Gasteiger partial charge in [-0.1, -0.05) is 19.8 Å². The number of hydrogen-bond acceptors (Lipinski definition) is 2. The van der Waals surface area contributed by atoms with Crippen LogP contribution in [0.4, 0.5) is 0 Å². The molecular weight excluding hydrogens is 188 g/mol. The Morgan fingerprint density at radius 1 is 1.40 bits per heavy atom. The summed E-state index contributed by atoms with van der Waals surface area (Å²) in [6.45, 7) is 2.27. The zero-order chi connectivity index (χ0) is 10.7. The monoisotopic (exact) mass is 206 g/mol. The van der Waals surface area contributed by atoms with Crippen LogP contribution >= 0.6 is 0 Å². The average molecular weight is 206 g/mol. The first kappa shape index (κ1) is 10.5. The van der Waals surface area contributed by atoms with Crippen LogP contribution in [0.15, 0.2) is 22.8 Å². The molecule has 1 fully saturated rings. The lowest BCUT2D eigenvalue weighted by atomic mass is 9.80. The summed E-state index contributed by atoms with van der Waals surface area (Å²) in [5.74, 6) is 2.25. The highest BCUT2D eigenvalue weighted by Crippen LogP contribution is 2.29. The first-order valence-corrected chi connectivity index (χ1v) is 5.81. The Kier molecular flexibility index (Phi) is 3.24. The highest BCUT2D eigenvalue weighted by Gasteiger charge is 2.24. The van der Waals surface area contributed by atoms with Gasteiger partial charge in [0, 0.05) is 5.92 Å². The van der Waals surface area contributed by atoms with Gasteiger partial charge in [0.05, 0.1) is 12.7 Å². The van der Waals surface area contributed by atoms with Crippen LogP contribution in [0, 0.1) is 11.8 Å². The van der Waals surface area contributed by atoms with Crippen molar-refractivity contribution in [3.63, 3.8) is 0 Å². The van der Waals surface area contributed by atoms with E-state index < -0.39 is 0 Å². The molecule has 82 valence electrons. The summed E-state index contributed by atoms with van der Waals surface area (Å²) < 4.78 is 5.20. The minimum absolute atomic E-state index is 0.284. The summed E-state index contributed by atoms with van der Waals surface area (Å²) in [4.78, 5) is 11.9. The molecule has 15 heavy (non-hydrogen) atoms. The van der Waals surface area contributed by atoms with Crippen LogP contribution in [-0.2, 0) is 11.2 Å². The van der Waals surface area contributed by atoms with E-state index in [0.29, 0.717) is 12.2 Å². The molecule has 0 saturated heterocycles. The third-order valence-corrected chi connectivity index (χ3v) is 3.40. The van der Waals surface area contributed by atoms with Gasteiger partial charge in [0.15, 0.2) is 0 Å². The van der Waals surface area contributed by atoms with Crippen molar-refractivity contribution in [2.75, 3.05) is 0 Å². The predicted molar refractivity (Wildman–Crippen MR) is 58.5 cm³/mol. The van der Waals surface area contributed by atoms with Gasteiger partial charge in [0.25, 0.3) is 0 Å². The van der Waals surface area contributed by atoms with Crippen molar-refractivity contribution < 1.29 is 9.21 Å². The van der Waals surface area contributed by atoms with Crippen molar-refractivity contribution in [2.24, 2.45) is 11.8 Å². The Labute approximate surface area is 90.7 Å². The van der Waals surface area contributed by atoms with E-state index in [4.69, 9.17) is 4.42 Å². The number of furan rings is 1. The maximum Gasteiger partial charge on any atom is 0.143 e. The summed E-state index contributed by atoms with van der Waals surface area (Å²) in [6, 6.07) is 3.72. The van der Waals surface area contributed by atoms with Crippen molar-refractivity contribution in [1.29, 1.82) is 0 Å². The Morgan fingerprint density at radius 3 is 2.73 bits per heavy atom. The maximum absolute atomic E-state index is 11.9. The smallest absolute Gasteiger partial charge is 0.143 e. The van der Waals surface area contributed by atoms with Crippen LogP contribution in [0.2, 0.25) is 0 Å². The molecule has 0 aliphatic heterocycles. The quantitative estimate of drug-likeness (QED) is 0.760. The highest BCUT2D eigenvalue weighted by molar-refractivity contribution is 5.82. The standard InChI is InChI=1S/C13H18O2/c1-10-4-6-11(7-5-10)13(14)9-12-3-2-8-15-12/h2-3,8,10-11H,4-7,9H2,1H3. The summed E-state index contributed by atoms with van der Waals surface area (Å²) in [5.41, 5.74) is 0. The molecule has 0 aromatic carbocycles. The Balaban J connectivity index is 1.86. The molecule has 1 aliphatic rings. The Bertz CT molecular complexity index is 305. The van der Waals surface area contributed by atoms with E-state index in [1.54, 1.807) is 6.26 Å². The van der Waals surface area contributed by atoms with Gasteiger partial charge >= 0.3 is 0 Å². The minimum atomic E-state index is 0.284. The van der Waals surface area contributed by atoms with Gasteiger partial charge < -0.3 is 4.42 Å². The summed E-state index contributed by atoms with van der Waals surface area (Å²) in [5, 5.41) is 0. The van der Waals surface area contributed by atoms with Crippen LogP contribution in [0.3, 0.4) is 0 Å². The molecule has 0 spiro atoms. The van der Waals surface area contributed by atoms with Crippen LogP contribution in [-0.4, -0.2) is 5.78 Å². The minimum Gasteiger partial charge on any atom is -0.469 e. The van der Waals surface area contributed by atoms with Crippen molar-refractivity contribution in [2.45, 2.75) is 39.0 Å². The van der Waals surface area contributed by atoms with E-state index >= 15 is 0 Å². The van der Waals surface area contributed by atoms with E-state index in [-0.39, 0.29) is 5.92 Å². The normalized spacial score (nSPS) is 26.5. The fourth-order valence-corrected chi connectivity index (χ4v) is 2.31. The second kappa shape index (κ2) is 4.65. The van der Waals surface area contributed by atoms with Gasteiger partial charge in [-0.3, -0.25) is 4.79 Å². The third kappa shape index (κ3) is 2.71. The Hall–Kier alpha value is -1.05. The lowest BCUT2D eigenvalue weighted by Crippen LogP contribution is -2.22. The van der Waals surface area contributed by atoms with Gasteiger partial charge in [-0.05, 0) is 30.9 Å². The summed E-state index contributed by atoms with van der Waals surface area (Å²) in [6.07, 6.45) is 6.65. The number of ketones is 1. The van der Waals surface area contributed by atoms with Gasteiger partial charge in [-0.25, -0.2) is 0 Å². The van der Waals surface area contributed by atoms with Gasteiger partial charge in [-0.15, -0.1) is 0 Å². The number of carbonyl (C=O) groups is 1. The third-order valence-electron chi connectivity index (χ3n) is 3.40. The average Bonchev–Trinajstić information content (AvgIpc) is 2.71. The maximum atomic E-state index is 11.9. The fourth-order valence-electron chi connectivity index (χ4n) is 2.31. The van der Waals surface area contributed by atoms with Crippen LogP contribution < -0.4 is 0 Å². The zero-order valence-corrected chi connectivity index (χ0v) is 9.24. The molecule has 1 aromatic heterocycles. The highest BCUT2D eigenvalue weighted by atomic mass is 16.3. The second-order valence-corrected chi connectivity index (χ2v) is 4.68. The predicted octanol–water partition coefficient (Wildman–Crippen LogP) is 3.22. The van der Waals surface area contributed by atoms with Crippen LogP contribution in [0.5, 0.6) is 0 Å². The molecule has 1 saturated carbocycles. The second-order valence-electron chi connectivity index (χ2n) is 4.68. The number of Topliss-reactive ketones (excluding diaryl/α,β-unsaturated/α-hetero) is 1. The molecule has 0 N–H and O–H groups in total. The summed E-state index contributed by atoms with van der Waals surface area (Å²) >= 11 is 0. The molecule has 2 nitrogen and oxygen atoms in total. The van der Waals surface area contributed by atoms with E-state index in [9.17, 15) is 4.79 Å². The van der Waals surface area contributed by atoms with E-state index in [2.05, 4.69) is 6.92 Å². The van der Waals surface area contributed by atoms with E-state index in [1.807, 2.05) is 12.1 Å². The number of carbonyl (C=O) groups excluding carboxylic acids is 1. The molecule has 0 amide bonds. The number of rotatable bonds is 3. The molecule has 2 heteroatoms. The van der Waals surface area contributed by atoms with Crippen molar-refractivity contribution in [3.8, 4) is 0 Å². The van der Waals surface area contributed by atoms with Crippen LogP contribution in [0.1, 0.15) is 38.4 Å². The molecule has 1 aromatic rings. The molecule has 1 aliphatic carbocycles. The molecule has 2 rings (SSSR count).